The Labute approximate surface area is 102 Å². The van der Waals surface area contributed by atoms with Crippen molar-refractivity contribution >= 4 is 11.8 Å². The summed E-state index contributed by atoms with van der Waals surface area (Å²) in [5.74, 6) is 1.12. The van der Waals surface area contributed by atoms with Crippen molar-refractivity contribution in [1.82, 2.24) is 10.2 Å². The van der Waals surface area contributed by atoms with Crippen molar-refractivity contribution in [1.29, 1.82) is 0 Å². The molecule has 0 unspecified atom stereocenters. The van der Waals surface area contributed by atoms with Gasteiger partial charge in [0.15, 0.2) is 0 Å². The van der Waals surface area contributed by atoms with E-state index in [-0.39, 0.29) is 0 Å². The molecular weight excluding hydrogens is 216 g/mol. The second-order valence-corrected chi connectivity index (χ2v) is 5.40. The largest absolute Gasteiger partial charge is 0.314 e. The SMILES string of the molecule is Cc1ccc(C)c(SCN2CCNCC2)c1. The van der Waals surface area contributed by atoms with Gasteiger partial charge in [0, 0.05) is 37.0 Å². The van der Waals surface area contributed by atoms with Crippen molar-refractivity contribution in [2.24, 2.45) is 0 Å². The van der Waals surface area contributed by atoms with Crippen molar-refractivity contribution < 1.29 is 0 Å². The van der Waals surface area contributed by atoms with Crippen molar-refractivity contribution in [3.05, 3.63) is 29.3 Å². The summed E-state index contributed by atoms with van der Waals surface area (Å²) in [6.45, 7) is 8.98. The van der Waals surface area contributed by atoms with Gasteiger partial charge < -0.3 is 5.32 Å². The summed E-state index contributed by atoms with van der Waals surface area (Å²) < 4.78 is 0. The Morgan fingerprint density at radius 1 is 1.25 bits per heavy atom. The van der Waals surface area contributed by atoms with E-state index < -0.39 is 0 Å². The highest BCUT2D eigenvalue weighted by Crippen LogP contribution is 2.24. The first-order chi connectivity index (χ1) is 7.75. The highest BCUT2D eigenvalue weighted by atomic mass is 32.2. The maximum atomic E-state index is 3.38. The van der Waals surface area contributed by atoms with E-state index in [0.29, 0.717) is 0 Å². The average molecular weight is 236 g/mol. The van der Waals surface area contributed by atoms with E-state index in [9.17, 15) is 0 Å². The lowest BCUT2D eigenvalue weighted by molar-refractivity contribution is 0.280. The van der Waals surface area contributed by atoms with E-state index >= 15 is 0 Å². The lowest BCUT2D eigenvalue weighted by atomic mass is 10.2. The minimum absolute atomic E-state index is 1.12. The molecule has 1 aromatic carbocycles. The van der Waals surface area contributed by atoms with Gasteiger partial charge in [-0.1, -0.05) is 17.7 Å². The molecule has 1 aromatic rings. The van der Waals surface area contributed by atoms with Crippen molar-refractivity contribution in [2.45, 2.75) is 18.7 Å². The van der Waals surface area contributed by atoms with Gasteiger partial charge in [-0.3, -0.25) is 4.90 Å². The average Bonchev–Trinajstić information content (AvgIpc) is 2.32. The highest BCUT2D eigenvalue weighted by Gasteiger charge is 2.09. The van der Waals surface area contributed by atoms with Crippen molar-refractivity contribution in [3.63, 3.8) is 0 Å². The fourth-order valence-corrected chi connectivity index (χ4v) is 3.01. The Bertz CT molecular complexity index is 346. The van der Waals surface area contributed by atoms with E-state index in [2.05, 4.69) is 42.3 Å². The van der Waals surface area contributed by atoms with E-state index in [0.717, 1.165) is 19.0 Å². The van der Waals surface area contributed by atoms with Gasteiger partial charge in [-0.05, 0) is 25.5 Å². The second-order valence-electron chi connectivity index (χ2n) is 4.41. The lowest BCUT2D eigenvalue weighted by Gasteiger charge is -2.26. The van der Waals surface area contributed by atoms with Crippen LogP contribution in [0.3, 0.4) is 0 Å². The molecular formula is C13H20N2S. The molecule has 1 aliphatic rings. The van der Waals surface area contributed by atoms with Crippen LogP contribution in [0.25, 0.3) is 0 Å². The van der Waals surface area contributed by atoms with Gasteiger partial charge in [0.2, 0.25) is 0 Å². The molecule has 0 aliphatic carbocycles. The number of aryl methyl sites for hydroxylation is 2. The van der Waals surface area contributed by atoms with Gasteiger partial charge in [-0.15, -0.1) is 11.8 Å². The summed E-state index contributed by atoms with van der Waals surface area (Å²) in [5, 5.41) is 3.38. The van der Waals surface area contributed by atoms with Crippen LogP contribution in [0.1, 0.15) is 11.1 Å². The summed E-state index contributed by atoms with van der Waals surface area (Å²) in [5.41, 5.74) is 2.75. The maximum Gasteiger partial charge on any atom is 0.0492 e. The zero-order valence-electron chi connectivity index (χ0n) is 10.1. The molecule has 0 radical (unpaired) electrons. The predicted molar refractivity (Wildman–Crippen MR) is 71.1 cm³/mol. The molecule has 16 heavy (non-hydrogen) atoms. The molecule has 0 aromatic heterocycles. The van der Waals surface area contributed by atoms with Gasteiger partial charge in [0.1, 0.15) is 0 Å². The highest BCUT2D eigenvalue weighted by molar-refractivity contribution is 7.99. The molecule has 1 heterocycles. The number of piperazine rings is 1. The molecule has 3 heteroatoms. The number of hydrogen-bond donors (Lipinski definition) is 1. The molecule has 0 amide bonds. The smallest absolute Gasteiger partial charge is 0.0492 e. The van der Waals surface area contributed by atoms with Crippen LogP contribution < -0.4 is 5.32 Å². The maximum absolute atomic E-state index is 3.38. The summed E-state index contributed by atoms with van der Waals surface area (Å²) in [6.07, 6.45) is 0. The van der Waals surface area contributed by atoms with E-state index in [4.69, 9.17) is 0 Å². The Morgan fingerprint density at radius 3 is 2.75 bits per heavy atom. The number of hydrogen-bond acceptors (Lipinski definition) is 3. The predicted octanol–water partition coefficient (Wildman–Crippen LogP) is 2.26. The lowest BCUT2D eigenvalue weighted by Crippen LogP contribution is -2.43. The standard InChI is InChI=1S/C13H20N2S/c1-11-3-4-12(2)13(9-11)16-10-15-7-5-14-6-8-15/h3-4,9,14H,5-8,10H2,1-2H3. The molecule has 1 N–H and O–H groups in total. The monoisotopic (exact) mass is 236 g/mol. The van der Waals surface area contributed by atoms with Gasteiger partial charge >= 0.3 is 0 Å². The third-order valence-electron chi connectivity index (χ3n) is 2.96. The van der Waals surface area contributed by atoms with E-state index in [1.807, 2.05) is 11.8 Å². The van der Waals surface area contributed by atoms with E-state index in [1.165, 1.54) is 29.1 Å². The number of thioether (sulfide) groups is 1. The summed E-state index contributed by atoms with van der Waals surface area (Å²) in [6, 6.07) is 6.70. The van der Waals surface area contributed by atoms with Crippen LogP contribution in [0.2, 0.25) is 0 Å². The van der Waals surface area contributed by atoms with Gasteiger partial charge in [-0.25, -0.2) is 0 Å². The molecule has 0 bridgehead atoms. The molecule has 0 atom stereocenters. The van der Waals surface area contributed by atoms with Crippen LogP contribution >= 0.6 is 11.8 Å². The zero-order valence-corrected chi connectivity index (χ0v) is 10.9. The Morgan fingerprint density at radius 2 is 2.00 bits per heavy atom. The fourth-order valence-electron chi connectivity index (χ4n) is 1.86. The van der Waals surface area contributed by atoms with Crippen LogP contribution in [0.5, 0.6) is 0 Å². The molecule has 88 valence electrons. The Hall–Kier alpha value is -0.510. The quantitative estimate of drug-likeness (QED) is 0.811. The topological polar surface area (TPSA) is 15.3 Å². The van der Waals surface area contributed by atoms with Crippen LogP contribution in [-0.2, 0) is 0 Å². The molecule has 1 aliphatic heterocycles. The molecule has 1 fully saturated rings. The number of benzene rings is 1. The first-order valence-corrected chi connectivity index (χ1v) is 6.87. The third kappa shape index (κ3) is 3.24. The number of rotatable bonds is 3. The molecule has 1 saturated heterocycles. The second kappa shape index (κ2) is 5.71. The molecule has 0 saturated carbocycles. The Kier molecular flexibility index (Phi) is 4.27. The molecule has 0 spiro atoms. The summed E-state index contributed by atoms with van der Waals surface area (Å²) >= 11 is 1.97. The van der Waals surface area contributed by atoms with Crippen molar-refractivity contribution in [2.75, 3.05) is 32.1 Å². The summed E-state index contributed by atoms with van der Waals surface area (Å²) in [4.78, 5) is 3.95. The fraction of sp³-hybridized carbons (Fsp3) is 0.538. The zero-order chi connectivity index (χ0) is 11.4. The first kappa shape index (κ1) is 12.0. The Balaban J connectivity index is 1.90. The molecule has 2 rings (SSSR count). The molecule has 2 nitrogen and oxygen atoms in total. The first-order valence-electron chi connectivity index (χ1n) is 5.89. The third-order valence-corrected chi connectivity index (χ3v) is 4.20. The number of nitrogens with zero attached hydrogens (tertiary/aromatic N) is 1. The van der Waals surface area contributed by atoms with Crippen LogP contribution in [0.15, 0.2) is 23.1 Å². The normalized spacial score (nSPS) is 17.6. The van der Waals surface area contributed by atoms with Crippen LogP contribution in [-0.4, -0.2) is 37.0 Å². The van der Waals surface area contributed by atoms with Gasteiger partial charge in [0.05, 0.1) is 0 Å². The minimum atomic E-state index is 1.12. The minimum Gasteiger partial charge on any atom is -0.314 e. The van der Waals surface area contributed by atoms with Gasteiger partial charge in [-0.2, -0.15) is 0 Å². The van der Waals surface area contributed by atoms with Crippen LogP contribution in [0, 0.1) is 13.8 Å². The summed E-state index contributed by atoms with van der Waals surface area (Å²) in [7, 11) is 0. The van der Waals surface area contributed by atoms with Gasteiger partial charge in [0.25, 0.3) is 0 Å². The van der Waals surface area contributed by atoms with E-state index in [1.54, 1.807) is 0 Å². The van der Waals surface area contributed by atoms with Crippen LogP contribution in [0.4, 0.5) is 0 Å². The number of nitrogens with one attached hydrogen (secondary N) is 1. The van der Waals surface area contributed by atoms with Crippen molar-refractivity contribution in [3.8, 4) is 0 Å².